The molecule has 3 fully saturated rings. The molecule has 3 saturated carbocycles. The van der Waals surface area contributed by atoms with Crippen LogP contribution >= 0.6 is 0 Å². The lowest BCUT2D eigenvalue weighted by Gasteiger charge is -2.60. The van der Waals surface area contributed by atoms with Gasteiger partial charge in [0.15, 0.2) is 5.76 Å². The maximum atomic E-state index is 13.0. The number of hydrogen-bond acceptors (Lipinski definition) is 4. The Balaban J connectivity index is 1.28. The van der Waals surface area contributed by atoms with Crippen molar-refractivity contribution in [1.29, 1.82) is 0 Å². The van der Waals surface area contributed by atoms with Crippen molar-refractivity contribution in [2.45, 2.75) is 65.3 Å². The fourth-order valence-electron chi connectivity index (χ4n) is 8.06. The molecule has 6 rings (SSSR count). The number of fused-ring (bicyclic) bond motifs is 5. The number of benzene rings is 1. The molecule has 0 spiro atoms. The Kier molecular flexibility index (Phi) is 5.09. The molecule has 0 unspecified atom stereocenters. The summed E-state index contributed by atoms with van der Waals surface area (Å²) in [4.78, 5) is 22.0. The second-order valence-corrected chi connectivity index (χ2v) is 11.7. The summed E-state index contributed by atoms with van der Waals surface area (Å²) in [5.74, 6) is 3.33. The van der Waals surface area contributed by atoms with E-state index in [1.165, 1.54) is 32.1 Å². The van der Waals surface area contributed by atoms with Crippen molar-refractivity contribution in [2.75, 3.05) is 0 Å². The molecule has 178 valence electrons. The van der Waals surface area contributed by atoms with Crippen LogP contribution in [0.4, 0.5) is 0 Å². The van der Waals surface area contributed by atoms with Crippen LogP contribution in [0.2, 0.25) is 0 Å². The number of hydrogen-bond donors (Lipinski definition) is 1. The van der Waals surface area contributed by atoms with Gasteiger partial charge in [0.2, 0.25) is 5.88 Å². The summed E-state index contributed by atoms with van der Waals surface area (Å²) < 4.78 is 6.06. The molecule has 0 bridgehead atoms. The van der Waals surface area contributed by atoms with Gasteiger partial charge in [-0.15, -0.1) is 0 Å². The number of carbonyl (C=O) groups is 1. The third-order valence-electron chi connectivity index (χ3n) is 9.81. The van der Waals surface area contributed by atoms with Gasteiger partial charge >= 0.3 is 0 Å². The van der Waals surface area contributed by atoms with Crippen molar-refractivity contribution >= 4 is 5.91 Å². The van der Waals surface area contributed by atoms with Gasteiger partial charge in [-0.05, 0) is 67.3 Å². The van der Waals surface area contributed by atoms with E-state index in [2.05, 4.69) is 42.1 Å². The van der Waals surface area contributed by atoms with Gasteiger partial charge in [0.1, 0.15) is 0 Å². The van der Waals surface area contributed by atoms with E-state index in [0.717, 1.165) is 29.5 Å². The molecule has 3 aliphatic carbocycles. The van der Waals surface area contributed by atoms with Gasteiger partial charge in [0.05, 0.1) is 18.1 Å². The van der Waals surface area contributed by atoms with Crippen LogP contribution in [0.3, 0.4) is 0 Å². The van der Waals surface area contributed by atoms with E-state index in [9.17, 15) is 4.79 Å². The number of amides is 1. The zero-order valence-corrected chi connectivity index (χ0v) is 20.5. The smallest absolute Gasteiger partial charge is 0.287 e. The van der Waals surface area contributed by atoms with Gasteiger partial charge in [-0.1, -0.05) is 57.5 Å². The highest BCUT2D eigenvalue weighted by Crippen LogP contribution is 2.64. The fraction of sp³-hybridized carbons (Fsp3) is 0.552. The maximum Gasteiger partial charge on any atom is 0.287 e. The van der Waals surface area contributed by atoms with E-state index >= 15 is 0 Å². The number of aromatic nitrogens is 2. The Labute approximate surface area is 202 Å². The molecule has 1 amide bonds. The lowest BCUT2D eigenvalue weighted by atomic mass is 9.46. The van der Waals surface area contributed by atoms with Crippen molar-refractivity contribution in [1.82, 2.24) is 15.3 Å². The van der Waals surface area contributed by atoms with Crippen molar-refractivity contribution in [3.63, 3.8) is 0 Å². The van der Waals surface area contributed by atoms with E-state index in [-0.39, 0.29) is 17.4 Å². The second kappa shape index (κ2) is 7.93. The zero-order chi connectivity index (χ0) is 23.5. The lowest BCUT2D eigenvalue weighted by Crippen LogP contribution is -2.62. The minimum atomic E-state index is -0.136. The molecule has 5 nitrogen and oxygen atoms in total. The van der Waals surface area contributed by atoms with E-state index in [0.29, 0.717) is 28.9 Å². The number of ether oxygens (including phenoxy) is 1. The minimum absolute atomic E-state index is 0.0955. The average molecular weight is 458 g/mol. The largest absolute Gasteiger partial charge is 0.432 e. The minimum Gasteiger partial charge on any atom is -0.432 e. The van der Waals surface area contributed by atoms with Gasteiger partial charge in [0, 0.05) is 17.0 Å². The van der Waals surface area contributed by atoms with Crippen LogP contribution in [0.15, 0.2) is 54.6 Å². The lowest BCUT2D eigenvalue weighted by molar-refractivity contribution is -0.128. The molecule has 1 aliphatic heterocycles. The summed E-state index contributed by atoms with van der Waals surface area (Å²) in [5.41, 5.74) is 2.20. The van der Waals surface area contributed by atoms with E-state index in [1.807, 2.05) is 30.3 Å². The first-order chi connectivity index (χ1) is 16.4. The molecule has 2 aromatic rings. The Bertz CT molecular complexity index is 1110. The summed E-state index contributed by atoms with van der Waals surface area (Å²) in [7, 11) is 0. The second-order valence-electron chi connectivity index (χ2n) is 11.7. The molecule has 0 saturated heterocycles. The highest BCUT2D eigenvalue weighted by molar-refractivity contribution is 5.93. The number of nitrogens with one attached hydrogen (secondary N) is 1. The van der Waals surface area contributed by atoms with Crippen LogP contribution in [-0.2, 0) is 4.79 Å². The van der Waals surface area contributed by atoms with Crippen molar-refractivity contribution < 1.29 is 9.53 Å². The fourth-order valence-corrected chi connectivity index (χ4v) is 8.06. The number of rotatable bonds is 3. The number of carbonyl (C=O) groups excluding carboxylic acids is 1. The van der Waals surface area contributed by atoms with E-state index in [1.54, 1.807) is 12.4 Å². The third-order valence-corrected chi connectivity index (χ3v) is 9.81. The Morgan fingerprint density at radius 2 is 1.85 bits per heavy atom. The third kappa shape index (κ3) is 3.38. The monoisotopic (exact) mass is 457 g/mol. The summed E-state index contributed by atoms with van der Waals surface area (Å²) >= 11 is 0. The summed E-state index contributed by atoms with van der Waals surface area (Å²) in [5, 5.41) is 3.32. The average Bonchev–Trinajstić information content (AvgIpc) is 3.24. The highest BCUT2D eigenvalue weighted by Gasteiger charge is 2.60. The van der Waals surface area contributed by atoms with E-state index < -0.39 is 0 Å². The molecule has 0 radical (unpaired) electrons. The van der Waals surface area contributed by atoms with Crippen LogP contribution in [0, 0.1) is 34.5 Å². The Morgan fingerprint density at radius 3 is 2.62 bits per heavy atom. The number of nitrogens with zero attached hydrogens (tertiary/aromatic N) is 2. The topological polar surface area (TPSA) is 64.1 Å². The van der Waals surface area contributed by atoms with Crippen LogP contribution < -0.4 is 10.1 Å². The molecule has 5 heteroatoms. The predicted octanol–water partition coefficient (Wildman–Crippen LogP) is 5.78. The summed E-state index contributed by atoms with van der Waals surface area (Å²) in [6.45, 7) is 7.31. The Morgan fingerprint density at radius 1 is 1.03 bits per heavy atom. The van der Waals surface area contributed by atoms with Gasteiger partial charge in [0.25, 0.3) is 5.91 Å². The molecule has 4 aliphatic rings. The van der Waals surface area contributed by atoms with Crippen molar-refractivity contribution in [3.05, 3.63) is 54.6 Å². The molecular weight excluding hydrogens is 422 g/mol. The van der Waals surface area contributed by atoms with Crippen molar-refractivity contribution in [2.24, 2.45) is 34.5 Å². The van der Waals surface area contributed by atoms with Gasteiger partial charge in [-0.2, -0.15) is 0 Å². The molecular formula is C29H35N3O2. The predicted molar refractivity (Wildman–Crippen MR) is 132 cm³/mol. The standard InChI is InChI=1S/C29H35N3O2/c1-18-14-24-29(3,21-11-13-28(2)12-7-10-20(28)26(18)21)15-23(27(33)32-24)34-25-17-30-22(16-31-25)19-8-5-4-6-9-19/h4-6,8-9,15-18,20-21,24,26H,7,10-14H2,1-3H3,(H,32,33)/t18-,20-,21-,24+,26-,28-,29+/m0/s1. The van der Waals surface area contributed by atoms with E-state index in [4.69, 9.17) is 4.74 Å². The van der Waals surface area contributed by atoms with Crippen LogP contribution in [0.1, 0.15) is 59.3 Å². The Hall–Kier alpha value is -2.69. The van der Waals surface area contributed by atoms with Crippen LogP contribution in [0.5, 0.6) is 5.88 Å². The van der Waals surface area contributed by atoms with Gasteiger partial charge in [-0.25, -0.2) is 9.97 Å². The van der Waals surface area contributed by atoms with Crippen LogP contribution in [-0.4, -0.2) is 21.9 Å². The maximum absolute atomic E-state index is 13.0. The highest BCUT2D eigenvalue weighted by atomic mass is 16.5. The normalized spacial score (nSPS) is 38.7. The van der Waals surface area contributed by atoms with Crippen molar-refractivity contribution in [3.8, 4) is 17.1 Å². The first kappa shape index (κ1) is 21.8. The molecule has 7 atom stereocenters. The SMILES string of the molecule is C[C@H]1C[C@H]2NC(=O)C(Oc3cnc(-c4ccccc4)cn3)=C[C@]2(C)[C@H]2CC[C@]3(C)CCC[C@H]3[C@H]12. The first-order valence-corrected chi connectivity index (χ1v) is 13.0. The molecule has 1 aromatic carbocycles. The summed E-state index contributed by atoms with van der Waals surface area (Å²) in [6.07, 6.45) is 13.2. The quantitative estimate of drug-likeness (QED) is 0.634. The molecule has 34 heavy (non-hydrogen) atoms. The van der Waals surface area contributed by atoms with Crippen LogP contribution in [0.25, 0.3) is 11.3 Å². The zero-order valence-electron chi connectivity index (χ0n) is 20.5. The van der Waals surface area contributed by atoms with Gasteiger partial charge < -0.3 is 10.1 Å². The molecule has 1 aromatic heterocycles. The molecule has 2 heterocycles. The van der Waals surface area contributed by atoms with Gasteiger partial charge in [-0.3, -0.25) is 4.79 Å². The first-order valence-electron chi connectivity index (χ1n) is 13.0. The summed E-state index contributed by atoms with van der Waals surface area (Å²) in [6, 6.07) is 10.1. The molecule has 1 N–H and O–H groups in total.